The minimum absolute atomic E-state index is 0.234. The van der Waals surface area contributed by atoms with Gasteiger partial charge >= 0.3 is 0 Å². The molecule has 0 saturated heterocycles. The van der Waals surface area contributed by atoms with Crippen LogP contribution in [0.15, 0.2) is 88.4 Å². The van der Waals surface area contributed by atoms with Gasteiger partial charge in [0.05, 0.1) is 23.1 Å². The molecule has 2 aromatic carbocycles. The van der Waals surface area contributed by atoms with E-state index >= 15 is 0 Å². The number of hydrogen-bond donors (Lipinski definition) is 0. The van der Waals surface area contributed by atoms with Gasteiger partial charge in [-0.25, -0.2) is 4.68 Å². The number of benzene rings is 2. The molecule has 0 fully saturated rings. The Labute approximate surface area is 222 Å². The average Bonchev–Trinajstić information content (AvgIpc) is 3.72. The van der Waals surface area contributed by atoms with Crippen LogP contribution in [-0.2, 0) is 0 Å². The SMILES string of the molecule is CC(C)CCOc1ccc(-c2nn(-c3ccccc3)cc2C=c2sc3nc(-c4ccco4)nn3c2=O)cc1. The molecule has 9 heteroatoms. The Kier molecular flexibility index (Phi) is 6.35. The zero-order valence-electron chi connectivity index (χ0n) is 20.9. The van der Waals surface area contributed by atoms with Crippen LogP contribution in [0.3, 0.4) is 0 Å². The summed E-state index contributed by atoms with van der Waals surface area (Å²) >= 11 is 1.28. The van der Waals surface area contributed by atoms with Crippen molar-refractivity contribution in [2.24, 2.45) is 5.92 Å². The van der Waals surface area contributed by atoms with Crippen LogP contribution in [0.4, 0.5) is 0 Å². The largest absolute Gasteiger partial charge is 0.494 e. The topological polar surface area (TPSA) is 87.4 Å². The van der Waals surface area contributed by atoms with E-state index in [4.69, 9.17) is 14.3 Å². The van der Waals surface area contributed by atoms with Crippen LogP contribution in [0.2, 0.25) is 0 Å². The molecule has 38 heavy (non-hydrogen) atoms. The van der Waals surface area contributed by atoms with Crippen molar-refractivity contribution in [1.82, 2.24) is 24.4 Å². The minimum atomic E-state index is -0.234. The Hall–Kier alpha value is -4.50. The maximum Gasteiger partial charge on any atom is 0.291 e. The molecule has 6 aromatic rings. The third-order valence-electron chi connectivity index (χ3n) is 6.06. The smallest absolute Gasteiger partial charge is 0.291 e. The molecule has 0 N–H and O–H groups in total. The summed E-state index contributed by atoms with van der Waals surface area (Å²) in [6.07, 6.45) is 6.34. The van der Waals surface area contributed by atoms with Crippen molar-refractivity contribution in [3.05, 3.63) is 99.6 Å². The van der Waals surface area contributed by atoms with Gasteiger partial charge in [-0.1, -0.05) is 43.4 Å². The van der Waals surface area contributed by atoms with Gasteiger partial charge in [0, 0.05) is 17.3 Å². The maximum atomic E-state index is 13.2. The molecular formula is C29H25N5O3S. The summed E-state index contributed by atoms with van der Waals surface area (Å²) in [6, 6.07) is 21.3. The van der Waals surface area contributed by atoms with Gasteiger partial charge in [-0.15, -0.1) is 5.10 Å². The third kappa shape index (κ3) is 4.76. The van der Waals surface area contributed by atoms with Crippen molar-refractivity contribution < 1.29 is 9.15 Å². The quantitative estimate of drug-likeness (QED) is 0.271. The summed E-state index contributed by atoms with van der Waals surface area (Å²) in [7, 11) is 0. The first-order chi connectivity index (χ1) is 18.5. The highest BCUT2D eigenvalue weighted by Crippen LogP contribution is 2.27. The van der Waals surface area contributed by atoms with Gasteiger partial charge in [0.25, 0.3) is 5.56 Å². The van der Waals surface area contributed by atoms with E-state index in [1.807, 2.05) is 71.6 Å². The van der Waals surface area contributed by atoms with Crippen molar-refractivity contribution in [2.45, 2.75) is 20.3 Å². The van der Waals surface area contributed by atoms with E-state index in [2.05, 4.69) is 23.9 Å². The molecule has 0 aliphatic heterocycles. The summed E-state index contributed by atoms with van der Waals surface area (Å²) < 4.78 is 14.9. The summed E-state index contributed by atoms with van der Waals surface area (Å²) in [5, 5.41) is 9.23. The molecule has 190 valence electrons. The Morgan fingerprint density at radius 3 is 2.55 bits per heavy atom. The maximum absolute atomic E-state index is 13.2. The highest BCUT2D eigenvalue weighted by molar-refractivity contribution is 7.15. The van der Waals surface area contributed by atoms with Crippen LogP contribution in [0.5, 0.6) is 5.75 Å². The van der Waals surface area contributed by atoms with Gasteiger partial charge < -0.3 is 9.15 Å². The van der Waals surface area contributed by atoms with Gasteiger partial charge in [-0.3, -0.25) is 4.79 Å². The van der Waals surface area contributed by atoms with Crippen molar-refractivity contribution in [3.8, 4) is 34.3 Å². The number of nitrogens with zero attached hydrogens (tertiary/aromatic N) is 5. The van der Waals surface area contributed by atoms with E-state index in [0.717, 1.165) is 34.7 Å². The summed E-state index contributed by atoms with van der Waals surface area (Å²) in [6.45, 7) is 5.04. The molecule has 0 spiro atoms. The molecule has 0 saturated carbocycles. The number of fused-ring (bicyclic) bond motifs is 1. The molecule has 0 amide bonds. The number of thiazole rings is 1. The molecule has 4 aromatic heterocycles. The molecule has 0 radical (unpaired) electrons. The summed E-state index contributed by atoms with van der Waals surface area (Å²) in [5.41, 5.74) is 3.19. The number of para-hydroxylation sites is 1. The van der Waals surface area contributed by atoms with Gasteiger partial charge in [-0.2, -0.15) is 14.6 Å². The number of rotatable bonds is 8. The van der Waals surface area contributed by atoms with E-state index in [9.17, 15) is 4.79 Å². The van der Waals surface area contributed by atoms with Crippen LogP contribution in [0.25, 0.3) is 39.6 Å². The Bertz CT molecular complexity index is 1780. The van der Waals surface area contributed by atoms with Crippen molar-refractivity contribution in [2.75, 3.05) is 6.61 Å². The van der Waals surface area contributed by atoms with Gasteiger partial charge in [0.1, 0.15) is 11.4 Å². The van der Waals surface area contributed by atoms with E-state index in [1.165, 1.54) is 15.9 Å². The molecule has 4 heterocycles. The molecular weight excluding hydrogens is 498 g/mol. The third-order valence-corrected chi connectivity index (χ3v) is 7.02. The molecule has 0 aliphatic rings. The monoisotopic (exact) mass is 523 g/mol. The van der Waals surface area contributed by atoms with E-state index < -0.39 is 0 Å². The Morgan fingerprint density at radius 1 is 1.03 bits per heavy atom. The van der Waals surface area contributed by atoms with Crippen molar-refractivity contribution >= 4 is 22.4 Å². The normalized spacial score (nSPS) is 12.1. The lowest BCUT2D eigenvalue weighted by atomic mass is 10.1. The standard InChI is InChI=1S/C29H25N5O3S/c1-19(2)14-16-36-23-12-10-20(11-13-23)26-21(18-33(31-26)22-7-4-3-5-8-22)17-25-28(35)34-29(38-25)30-27(32-34)24-9-6-15-37-24/h3-13,15,17-19H,14,16H2,1-2H3. The first kappa shape index (κ1) is 23.9. The number of ether oxygens (including phenoxy) is 1. The average molecular weight is 524 g/mol. The fourth-order valence-corrected chi connectivity index (χ4v) is 4.94. The van der Waals surface area contributed by atoms with Gasteiger partial charge in [0.2, 0.25) is 10.8 Å². The molecule has 0 unspecified atom stereocenters. The van der Waals surface area contributed by atoms with Crippen molar-refractivity contribution in [1.29, 1.82) is 0 Å². The highest BCUT2D eigenvalue weighted by Gasteiger charge is 2.16. The highest BCUT2D eigenvalue weighted by atomic mass is 32.1. The van der Waals surface area contributed by atoms with Gasteiger partial charge in [0.15, 0.2) is 5.76 Å². The van der Waals surface area contributed by atoms with Crippen LogP contribution in [-0.4, -0.2) is 31.0 Å². The molecule has 0 aliphatic carbocycles. The van der Waals surface area contributed by atoms with E-state index in [1.54, 1.807) is 18.4 Å². The second-order valence-electron chi connectivity index (χ2n) is 9.29. The first-order valence-electron chi connectivity index (χ1n) is 12.4. The number of hydrogen-bond acceptors (Lipinski definition) is 7. The van der Waals surface area contributed by atoms with Gasteiger partial charge in [-0.05, 0) is 66.9 Å². The minimum Gasteiger partial charge on any atom is -0.494 e. The lowest BCUT2D eigenvalue weighted by molar-refractivity contribution is 0.289. The van der Waals surface area contributed by atoms with E-state index in [-0.39, 0.29) is 5.56 Å². The van der Waals surface area contributed by atoms with Crippen LogP contribution < -0.4 is 14.8 Å². The zero-order chi connectivity index (χ0) is 26.1. The lowest BCUT2D eigenvalue weighted by Crippen LogP contribution is -2.23. The first-order valence-corrected chi connectivity index (χ1v) is 13.2. The fraction of sp³-hybridized carbons (Fsp3) is 0.172. The molecule has 8 nitrogen and oxygen atoms in total. The number of aromatic nitrogens is 5. The summed E-state index contributed by atoms with van der Waals surface area (Å²) in [4.78, 5) is 18.2. The second-order valence-corrected chi connectivity index (χ2v) is 10.3. The zero-order valence-corrected chi connectivity index (χ0v) is 21.8. The molecule has 6 rings (SSSR count). The van der Waals surface area contributed by atoms with Crippen LogP contribution >= 0.6 is 11.3 Å². The molecule has 0 bridgehead atoms. The molecule has 0 atom stereocenters. The predicted octanol–water partition coefficient (Wildman–Crippen LogP) is 5.24. The van der Waals surface area contributed by atoms with Crippen LogP contribution in [0, 0.1) is 5.92 Å². The summed E-state index contributed by atoms with van der Waals surface area (Å²) in [5.74, 6) is 2.32. The Balaban J connectivity index is 1.39. The Morgan fingerprint density at radius 2 is 1.84 bits per heavy atom. The van der Waals surface area contributed by atoms with Crippen LogP contribution in [0.1, 0.15) is 25.8 Å². The predicted molar refractivity (Wildman–Crippen MR) is 148 cm³/mol. The second kappa shape index (κ2) is 10.1. The fourth-order valence-electron chi connectivity index (χ4n) is 4.04. The van der Waals surface area contributed by atoms with Crippen molar-refractivity contribution in [3.63, 3.8) is 0 Å². The van der Waals surface area contributed by atoms with E-state index in [0.29, 0.717) is 33.6 Å². The number of furan rings is 1. The lowest BCUT2D eigenvalue weighted by Gasteiger charge is -2.08.